The van der Waals surface area contributed by atoms with Crippen molar-refractivity contribution in [2.24, 2.45) is 0 Å². The third-order valence-electron chi connectivity index (χ3n) is 3.38. The molecule has 2 aromatic rings. The number of hydrogen-bond acceptors (Lipinski definition) is 5. The molecule has 0 bridgehead atoms. The Hall–Kier alpha value is -1.90. The molecule has 0 fully saturated rings. The zero-order valence-electron chi connectivity index (χ0n) is 13.5. The number of hydrogen-bond donors (Lipinski definition) is 2. The van der Waals surface area contributed by atoms with Crippen LogP contribution in [-0.4, -0.2) is 23.3 Å². The standard InChI is InChI=1S/C16H16FO7PS/c17-13-6-3-8-15(11-13)23-14-7-1-4-12(10-14)5-2-9-16(24-25(18)19)26(20,21)22/h1,3-4,6-8,10-11,16H,2,5,9H2,(H-,18,19,20,21,22)/p+1. The average Bonchev–Trinajstić information content (AvgIpc) is 2.53. The monoisotopic (exact) mass is 403 g/mol. The summed E-state index contributed by atoms with van der Waals surface area (Å²) in [4.78, 5) is 8.67. The molecule has 0 saturated heterocycles. The molecule has 2 aromatic carbocycles. The quantitative estimate of drug-likeness (QED) is 0.484. The molecular weight excluding hydrogens is 386 g/mol. The molecular formula is C16H17FO7PS+. The first-order valence-electron chi connectivity index (χ1n) is 7.55. The minimum absolute atomic E-state index is 0.157. The van der Waals surface area contributed by atoms with E-state index in [0.29, 0.717) is 17.9 Å². The van der Waals surface area contributed by atoms with E-state index in [-0.39, 0.29) is 12.8 Å². The molecule has 2 atom stereocenters. The van der Waals surface area contributed by atoms with E-state index in [2.05, 4.69) is 4.52 Å². The Morgan fingerprint density at radius 1 is 1.12 bits per heavy atom. The van der Waals surface area contributed by atoms with Gasteiger partial charge in [-0.3, -0.25) is 4.55 Å². The minimum atomic E-state index is -4.59. The Morgan fingerprint density at radius 3 is 2.38 bits per heavy atom. The summed E-state index contributed by atoms with van der Waals surface area (Å²) in [5, 5.41) is 0. The van der Waals surface area contributed by atoms with Crippen molar-refractivity contribution in [3.05, 3.63) is 59.9 Å². The van der Waals surface area contributed by atoms with E-state index >= 15 is 0 Å². The second-order valence-electron chi connectivity index (χ2n) is 5.39. The molecule has 10 heteroatoms. The van der Waals surface area contributed by atoms with Gasteiger partial charge in [-0.2, -0.15) is 8.42 Å². The SMILES string of the molecule is O=[P+](O)OC(CCCc1cccc(Oc2cccc(F)c2)c1)S(=O)(=O)O. The molecule has 0 aliphatic carbocycles. The molecule has 0 heterocycles. The van der Waals surface area contributed by atoms with Crippen LogP contribution < -0.4 is 4.74 Å². The van der Waals surface area contributed by atoms with E-state index < -0.39 is 29.6 Å². The summed E-state index contributed by atoms with van der Waals surface area (Å²) in [6.45, 7) is 0. The Morgan fingerprint density at radius 2 is 1.77 bits per heavy atom. The highest BCUT2D eigenvalue weighted by Crippen LogP contribution is 2.26. The lowest BCUT2D eigenvalue weighted by Crippen LogP contribution is -2.21. The van der Waals surface area contributed by atoms with Gasteiger partial charge in [0, 0.05) is 10.6 Å². The topological polar surface area (TPSA) is 110 Å². The molecule has 0 aromatic heterocycles. The first kappa shape index (κ1) is 20.4. The largest absolute Gasteiger partial charge is 0.696 e. The zero-order chi connectivity index (χ0) is 19.2. The normalized spacial score (nSPS) is 13.3. The fraction of sp³-hybridized carbons (Fsp3) is 0.250. The molecule has 0 aliphatic heterocycles. The third kappa shape index (κ3) is 6.78. The van der Waals surface area contributed by atoms with Crippen LogP contribution in [0.25, 0.3) is 0 Å². The lowest BCUT2D eigenvalue weighted by molar-refractivity contribution is 0.225. The van der Waals surface area contributed by atoms with Gasteiger partial charge >= 0.3 is 8.25 Å². The number of aryl methyl sites for hydroxylation is 1. The summed E-state index contributed by atoms with van der Waals surface area (Å²) in [5.74, 6) is 0.403. The second-order valence-corrected chi connectivity index (χ2v) is 7.63. The number of benzene rings is 2. The van der Waals surface area contributed by atoms with Crippen molar-refractivity contribution in [1.29, 1.82) is 0 Å². The molecule has 0 radical (unpaired) electrons. The van der Waals surface area contributed by atoms with Crippen molar-refractivity contribution < 1.29 is 36.1 Å². The predicted molar refractivity (Wildman–Crippen MR) is 92.1 cm³/mol. The van der Waals surface area contributed by atoms with Crippen molar-refractivity contribution in [3.8, 4) is 11.5 Å². The summed E-state index contributed by atoms with van der Waals surface area (Å²) in [6, 6.07) is 12.6. The third-order valence-corrected chi connectivity index (χ3v) is 4.95. The van der Waals surface area contributed by atoms with Crippen LogP contribution in [-0.2, 0) is 25.6 Å². The number of rotatable bonds is 9. The van der Waals surface area contributed by atoms with Crippen molar-refractivity contribution in [1.82, 2.24) is 0 Å². The van der Waals surface area contributed by atoms with E-state index in [1.54, 1.807) is 30.3 Å². The van der Waals surface area contributed by atoms with E-state index in [1.807, 2.05) is 0 Å². The molecule has 140 valence electrons. The van der Waals surface area contributed by atoms with Gasteiger partial charge in [-0.25, -0.2) is 4.39 Å². The van der Waals surface area contributed by atoms with Crippen LogP contribution in [0.15, 0.2) is 48.5 Å². The molecule has 0 spiro atoms. The number of halogens is 1. The first-order valence-corrected chi connectivity index (χ1v) is 10.2. The summed E-state index contributed by atoms with van der Waals surface area (Å²) >= 11 is 0. The van der Waals surface area contributed by atoms with Crippen LogP contribution in [0.2, 0.25) is 0 Å². The summed E-state index contributed by atoms with van der Waals surface area (Å²) < 4.78 is 65.0. The average molecular weight is 403 g/mol. The second kappa shape index (κ2) is 9.16. The van der Waals surface area contributed by atoms with Crippen LogP contribution >= 0.6 is 8.25 Å². The maximum absolute atomic E-state index is 13.2. The highest BCUT2D eigenvalue weighted by molar-refractivity contribution is 7.86. The van der Waals surface area contributed by atoms with E-state index in [4.69, 9.17) is 14.2 Å². The van der Waals surface area contributed by atoms with Gasteiger partial charge in [-0.05, 0) is 49.1 Å². The summed E-state index contributed by atoms with van der Waals surface area (Å²) in [6.07, 6.45) is 0.532. The maximum atomic E-state index is 13.2. The van der Waals surface area contributed by atoms with Crippen LogP contribution in [0.1, 0.15) is 18.4 Å². The first-order chi connectivity index (χ1) is 12.2. The molecule has 7 nitrogen and oxygen atoms in total. The van der Waals surface area contributed by atoms with Gasteiger partial charge < -0.3 is 4.74 Å². The van der Waals surface area contributed by atoms with Gasteiger partial charge in [0.15, 0.2) is 0 Å². The predicted octanol–water partition coefficient (Wildman–Crippen LogP) is 3.82. The lowest BCUT2D eigenvalue weighted by Gasteiger charge is -2.09. The van der Waals surface area contributed by atoms with Crippen LogP contribution in [0.4, 0.5) is 4.39 Å². The summed E-state index contributed by atoms with van der Waals surface area (Å²) in [7, 11) is -7.74. The van der Waals surface area contributed by atoms with Crippen molar-refractivity contribution in [3.63, 3.8) is 0 Å². The fourth-order valence-corrected chi connectivity index (χ4v) is 3.69. The van der Waals surface area contributed by atoms with Gasteiger partial charge in [0.25, 0.3) is 10.1 Å². The number of ether oxygens (including phenoxy) is 1. The summed E-state index contributed by atoms with van der Waals surface area (Å²) in [5.41, 5.74) is -0.954. The Balaban J connectivity index is 1.96. The van der Waals surface area contributed by atoms with Gasteiger partial charge in [0.2, 0.25) is 5.44 Å². The molecule has 0 aliphatic rings. The maximum Gasteiger partial charge on any atom is 0.696 e. The van der Waals surface area contributed by atoms with E-state index in [9.17, 15) is 17.4 Å². The van der Waals surface area contributed by atoms with Gasteiger partial charge in [0.1, 0.15) is 17.3 Å². The van der Waals surface area contributed by atoms with E-state index in [0.717, 1.165) is 5.56 Å². The minimum Gasteiger partial charge on any atom is -0.457 e. The molecule has 0 saturated carbocycles. The van der Waals surface area contributed by atoms with Crippen molar-refractivity contribution in [2.75, 3.05) is 0 Å². The van der Waals surface area contributed by atoms with Crippen LogP contribution in [0.3, 0.4) is 0 Å². The van der Waals surface area contributed by atoms with Crippen LogP contribution in [0.5, 0.6) is 11.5 Å². The highest BCUT2D eigenvalue weighted by atomic mass is 32.2. The van der Waals surface area contributed by atoms with E-state index in [1.165, 1.54) is 18.2 Å². The smallest absolute Gasteiger partial charge is 0.457 e. The molecule has 2 unspecified atom stereocenters. The Bertz CT molecular complexity index is 872. The van der Waals surface area contributed by atoms with Gasteiger partial charge in [-0.15, -0.1) is 4.89 Å². The zero-order valence-corrected chi connectivity index (χ0v) is 15.2. The fourth-order valence-electron chi connectivity index (χ4n) is 2.26. The molecule has 2 N–H and O–H groups in total. The van der Waals surface area contributed by atoms with Gasteiger partial charge in [-0.1, -0.05) is 22.7 Å². The Kier molecular flexibility index (Phi) is 7.19. The lowest BCUT2D eigenvalue weighted by atomic mass is 10.1. The molecule has 0 amide bonds. The Labute approximate surface area is 151 Å². The van der Waals surface area contributed by atoms with Crippen molar-refractivity contribution in [2.45, 2.75) is 24.7 Å². The van der Waals surface area contributed by atoms with Gasteiger partial charge in [0.05, 0.1) is 0 Å². The van der Waals surface area contributed by atoms with Crippen LogP contribution in [0, 0.1) is 5.82 Å². The van der Waals surface area contributed by atoms with Crippen molar-refractivity contribution >= 4 is 18.4 Å². The molecule has 26 heavy (non-hydrogen) atoms. The molecule has 2 rings (SSSR count). The highest BCUT2D eigenvalue weighted by Gasteiger charge is 2.33.